The normalized spacial score (nSPS) is 11.7. The fourth-order valence-corrected chi connectivity index (χ4v) is 3.35. The van der Waals surface area contributed by atoms with Gasteiger partial charge in [-0.3, -0.25) is 0 Å². The van der Waals surface area contributed by atoms with Gasteiger partial charge in [0.25, 0.3) is 0 Å². The Morgan fingerprint density at radius 1 is 0.850 bits per heavy atom. The molecule has 0 N–H and O–H groups in total. The van der Waals surface area contributed by atoms with Crippen LogP contribution in [0, 0.1) is 6.92 Å². The van der Waals surface area contributed by atoms with Crippen molar-refractivity contribution < 1.29 is 0 Å². The van der Waals surface area contributed by atoms with Gasteiger partial charge in [-0.2, -0.15) is 0 Å². The average molecular weight is 259 g/mol. The molecule has 0 saturated carbocycles. The molecule has 0 saturated heterocycles. The molecule has 0 aliphatic carbocycles. The van der Waals surface area contributed by atoms with Gasteiger partial charge in [0, 0.05) is 28.4 Å². The highest BCUT2D eigenvalue weighted by atomic mass is 15.0. The van der Waals surface area contributed by atoms with Crippen molar-refractivity contribution in [3.63, 3.8) is 0 Å². The topological polar surface area (TPSA) is 4.93 Å². The lowest BCUT2D eigenvalue weighted by molar-refractivity contribution is 0.827. The van der Waals surface area contributed by atoms with E-state index in [2.05, 4.69) is 73.0 Å². The van der Waals surface area contributed by atoms with Gasteiger partial charge in [0.15, 0.2) is 0 Å². The molecule has 98 valence electrons. The van der Waals surface area contributed by atoms with Crippen LogP contribution in [0.1, 0.15) is 12.5 Å². The highest BCUT2D eigenvalue weighted by molar-refractivity contribution is 6.13. The molecule has 3 aromatic carbocycles. The molecule has 0 radical (unpaired) electrons. The number of hydrogen-bond donors (Lipinski definition) is 0. The van der Waals surface area contributed by atoms with Crippen LogP contribution in [0.4, 0.5) is 0 Å². The summed E-state index contributed by atoms with van der Waals surface area (Å²) < 4.78 is 2.42. The van der Waals surface area contributed by atoms with Crippen molar-refractivity contribution in [2.75, 3.05) is 0 Å². The quantitative estimate of drug-likeness (QED) is 0.438. The van der Waals surface area contributed by atoms with Crippen molar-refractivity contribution in [2.24, 2.45) is 0 Å². The summed E-state index contributed by atoms with van der Waals surface area (Å²) in [6, 6.07) is 19.9. The minimum absolute atomic E-state index is 1.00. The van der Waals surface area contributed by atoms with Crippen molar-refractivity contribution >= 4 is 32.6 Å². The first kappa shape index (κ1) is 11.5. The first-order chi connectivity index (χ1) is 9.79. The highest BCUT2D eigenvalue weighted by Crippen LogP contribution is 2.34. The van der Waals surface area contributed by atoms with Crippen molar-refractivity contribution in [2.45, 2.75) is 20.4 Å². The Labute approximate surface area is 118 Å². The summed E-state index contributed by atoms with van der Waals surface area (Å²) in [5.74, 6) is 0. The van der Waals surface area contributed by atoms with Crippen LogP contribution in [0.3, 0.4) is 0 Å². The summed E-state index contributed by atoms with van der Waals surface area (Å²) in [7, 11) is 0. The maximum atomic E-state index is 2.42. The van der Waals surface area contributed by atoms with E-state index in [0.717, 1.165) is 6.54 Å². The smallest absolute Gasteiger partial charge is 0.0497 e. The van der Waals surface area contributed by atoms with E-state index >= 15 is 0 Å². The van der Waals surface area contributed by atoms with Crippen molar-refractivity contribution in [3.05, 3.63) is 60.2 Å². The van der Waals surface area contributed by atoms with Crippen LogP contribution in [0.25, 0.3) is 32.6 Å². The molecule has 0 bridgehead atoms. The van der Waals surface area contributed by atoms with Gasteiger partial charge in [-0.25, -0.2) is 0 Å². The van der Waals surface area contributed by atoms with Crippen molar-refractivity contribution in [3.8, 4) is 0 Å². The zero-order valence-electron chi connectivity index (χ0n) is 11.9. The van der Waals surface area contributed by atoms with Gasteiger partial charge >= 0.3 is 0 Å². The third-order valence-corrected chi connectivity index (χ3v) is 4.28. The number of nitrogens with zero attached hydrogens (tertiary/aromatic N) is 1. The fourth-order valence-electron chi connectivity index (χ4n) is 3.35. The number of aryl methyl sites for hydroxylation is 2. The Kier molecular flexibility index (Phi) is 2.37. The number of benzene rings is 3. The molecule has 1 heteroatoms. The Morgan fingerprint density at radius 2 is 1.60 bits per heavy atom. The van der Waals surface area contributed by atoms with Crippen LogP contribution in [-0.4, -0.2) is 4.57 Å². The Bertz CT molecular complexity index is 944. The van der Waals surface area contributed by atoms with E-state index < -0.39 is 0 Å². The molecule has 0 aliphatic rings. The molecule has 0 unspecified atom stereocenters. The first-order valence-electron chi connectivity index (χ1n) is 7.20. The Hall–Kier alpha value is -2.28. The average Bonchev–Trinajstić information content (AvgIpc) is 2.78. The minimum Gasteiger partial charge on any atom is -0.341 e. The Balaban J connectivity index is 2.32. The monoisotopic (exact) mass is 259 g/mol. The summed E-state index contributed by atoms with van der Waals surface area (Å²) in [5, 5.41) is 5.40. The molecule has 0 atom stereocenters. The molecule has 1 nitrogen and oxygen atoms in total. The predicted molar refractivity (Wildman–Crippen MR) is 87.4 cm³/mol. The molecule has 0 spiro atoms. The van der Waals surface area contributed by atoms with Gasteiger partial charge in [0.2, 0.25) is 0 Å². The van der Waals surface area contributed by atoms with E-state index in [9.17, 15) is 0 Å². The standard InChI is InChI=1S/C19H17N/c1-3-20-17-10-6-7-13(2)19(17)16-11-14-8-4-5-9-15(14)12-18(16)20/h4-12H,3H2,1-2H3. The van der Waals surface area contributed by atoms with E-state index in [1.807, 2.05) is 0 Å². The van der Waals surface area contributed by atoms with Crippen molar-refractivity contribution in [1.29, 1.82) is 0 Å². The van der Waals surface area contributed by atoms with Crippen LogP contribution < -0.4 is 0 Å². The van der Waals surface area contributed by atoms with E-state index in [-0.39, 0.29) is 0 Å². The second kappa shape index (κ2) is 4.11. The number of aromatic nitrogens is 1. The molecule has 4 rings (SSSR count). The number of fused-ring (bicyclic) bond motifs is 4. The van der Waals surface area contributed by atoms with Crippen molar-refractivity contribution in [1.82, 2.24) is 4.57 Å². The molecule has 0 aliphatic heterocycles. The van der Waals surface area contributed by atoms with Gasteiger partial charge in [-0.15, -0.1) is 0 Å². The fraction of sp³-hybridized carbons (Fsp3) is 0.158. The van der Waals surface area contributed by atoms with E-state index in [1.165, 1.54) is 38.1 Å². The largest absolute Gasteiger partial charge is 0.341 e. The lowest BCUT2D eigenvalue weighted by Crippen LogP contribution is -1.92. The SMILES string of the molecule is CCn1c2cc3ccccc3cc2c2c(C)cccc21. The Morgan fingerprint density at radius 3 is 2.35 bits per heavy atom. The van der Waals surface area contributed by atoms with E-state index in [4.69, 9.17) is 0 Å². The van der Waals surface area contributed by atoms with Crippen LogP contribution in [0.15, 0.2) is 54.6 Å². The van der Waals surface area contributed by atoms with E-state index in [0.29, 0.717) is 0 Å². The summed E-state index contributed by atoms with van der Waals surface area (Å²) in [5.41, 5.74) is 4.04. The van der Waals surface area contributed by atoms with Gasteiger partial charge in [0.1, 0.15) is 0 Å². The van der Waals surface area contributed by atoms with Crippen LogP contribution in [-0.2, 0) is 6.54 Å². The molecule has 0 amide bonds. The lowest BCUT2D eigenvalue weighted by Gasteiger charge is -2.04. The zero-order chi connectivity index (χ0) is 13.7. The van der Waals surface area contributed by atoms with Gasteiger partial charge in [-0.1, -0.05) is 36.4 Å². The van der Waals surface area contributed by atoms with Crippen LogP contribution >= 0.6 is 0 Å². The first-order valence-corrected chi connectivity index (χ1v) is 7.20. The van der Waals surface area contributed by atoms with E-state index in [1.54, 1.807) is 0 Å². The number of hydrogen-bond acceptors (Lipinski definition) is 0. The molecule has 20 heavy (non-hydrogen) atoms. The minimum atomic E-state index is 1.00. The maximum absolute atomic E-state index is 2.42. The van der Waals surface area contributed by atoms with Gasteiger partial charge < -0.3 is 4.57 Å². The molecule has 4 aromatic rings. The number of rotatable bonds is 1. The summed E-state index contributed by atoms with van der Waals surface area (Å²) in [4.78, 5) is 0. The second-order valence-electron chi connectivity index (χ2n) is 5.43. The predicted octanol–water partition coefficient (Wildman–Crippen LogP) is 5.28. The second-order valence-corrected chi connectivity index (χ2v) is 5.43. The summed E-state index contributed by atoms with van der Waals surface area (Å²) >= 11 is 0. The summed E-state index contributed by atoms with van der Waals surface area (Å²) in [6.07, 6.45) is 0. The zero-order valence-corrected chi connectivity index (χ0v) is 11.9. The molecular weight excluding hydrogens is 242 g/mol. The molecule has 0 fully saturated rings. The van der Waals surface area contributed by atoms with Crippen LogP contribution in [0.5, 0.6) is 0 Å². The third-order valence-electron chi connectivity index (χ3n) is 4.28. The van der Waals surface area contributed by atoms with Gasteiger partial charge in [0.05, 0.1) is 0 Å². The lowest BCUT2D eigenvalue weighted by atomic mass is 10.0. The molecule has 1 aromatic heterocycles. The third kappa shape index (κ3) is 1.44. The van der Waals surface area contributed by atoms with Gasteiger partial charge in [-0.05, 0) is 48.4 Å². The highest BCUT2D eigenvalue weighted by Gasteiger charge is 2.11. The van der Waals surface area contributed by atoms with Crippen LogP contribution in [0.2, 0.25) is 0 Å². The summed E-state index contributed by atoms with van der Waals surface area (Å²) in [6.45, 7) is 5.43. The maximum Gasteiger partial charge on any atom is 0.0497 e. The molecule has 1 heterocycles. The molecular formula is C19H17N.